The maximum Gasteiger partial charge on any atom is 0.308 e. The minimum absolute atomic E-state index is 0.0191. The summed E-state index contributed by atoms with van der Waals surface area (Å²) >= 11 is 0. The van der Waals surface area contributed by atoms with Crippen LogP contribution in [0.2, 0.25) is 0 Å². The van der Waals surface area contributed by atoms with Crippen LogP contribution in [-0.4, -0.2) is 37.0 Å². The average molecular weight is 424 g/mol. The first kappa shape index (κ1) is 22.3. The molecule has 1 heterocycles. The maximum absolute atomic E-state index is 12.6. The van der Waals surface area contributed by atoms with E-state index in [0.717, 1.165) is 18.4 Å². The van der Waals surface area contributed by atoms with Crippen LogP contribution in [0.15, 0.2) is 54.6 Å². The van der Waals surface area contributed by atoms with Crippen molar-refractivity contribution in [2.45, 2.75) is 45.3 Å². The zero-order chi connectivity index (χ0) is 22.2. The molecule has 0 spiro atoms. The van der Waals surface area contributed by atoms with E-state index in [0.29, 0.717) is 11.4 Å². The van der Waals surface area contributed by atoms with E-state index in [1.807, 2.05) is 36.4 Å². The van der Waals surface area contributed by atoms with Crippen molar-refractivity contribution < 1.29 is 23.9 Å². The van der Waals surface area contributed by atoms with E-state index in [1.165, 1.54) is 4.90 Å². The molecule has 1 aliphatic rings. The number of anilines is 1. The van der Waals surface area contributed by atoms with E-state index in [4.69, 9.17) is 9.47 Å². The molecule has 0 radical (unpaired) electrons. The second kappa shape index (κ2) is 10.6. The minimum atomic E-state index is -0.928. The number of hydrogen-bond donors (Lipinski definition) is 1. The fourth-order valence-corrected chi connectivity index (χ4v) is 3.50. The molecule has 1 aliphatic heterocycles. The second-order valence-electron chi connectivity index (χ2n) is 7.44. The summed E-state index contributed by atoms with van der Waals surface area (Å²) in [5.41, 5.74) is 1.64. The Kier molecular flexibility index (Phi) is 7.65. The third-order valence-corrected chi connectivity index (χ3v) is 5.12. The molecule has 2 aromatic rings. The molecule has 0 aliphatic carbocycles. The molecule has 2 aromatic carbocycles. The van der Waals surface area contributed by atoms with Gasteiger partial charge in [0, 0.05) is 6.54 Å². The molecule has 0 saturated heterocycles. The van der Waals surface area contributed by atoms with Crippen LogP contribution in [0, 0.1) is 0 Å². The predicted molar refractivity (Wildman–Crippen MR) is 117 cm³/mol. The number of ether oxygens (including phenoxy) is 2. The molecular weight excluding hydrogens is 396 g/mol. The zero-order valence-electron chi connectivity index (χ0n) is 17.9. The number of para-hydroxylation sites is 2. The Labute approximate surface area is 182 Å². The maximum atomic E-state index is 12.6. The summed E-state index contributed by atoms with van der Waals surface area (Å²) in [7, 11) is 0. The summed E-state index contributed by atoms with van der Waals surface area (Å²) in [4.78, 5) is 38.6. The predicted octanol–water partition coefficient (Wildman–Crippen LogP) is 3.39. The molecule has 164 valence electrons. The van der Waals surface area contributed by atoms with E-state index in [-0.39, 0.29) is 37.4 Å². The van der Waals surface area contributed by atoms with Crippen LogP contribution < -0.4 is 15.0 Å². The fourth-order valence-electron chi connectivity index (χ4n) is 3.50. The molecule has 1 N–H and O–H groups in total. The molecule has 0 aromatic heterocycles. The number of esters is 1. The molecule has 2 atom stereocenters. The van der Waals surface area contributed by atoms with Crippen molar-refractivity contribution in [1.29, 1.82) is 0 Å². The van der Waals surface area contributed by atoms with Gasteiger partial charge in [-0.05, 0) is 31.0 Å². The van der Waals surface area contributed by atoms with Gasteiger partial charge in [-0.15, -0.1) is 0 Å². The second-order valence-corrected chi connectivity index (χ2v) is 7.44. The van der Waals surface area contributed by atoms with Gasteiger partial charge in [-0.25, -0.2) is 0 Å². The van der Waals surface area contributed by atoms with E-state index >= 15 is 0 Å². The lowest BCUT2D eigenvalue weighted by molar-refractivity contribution is -0.155. The Morgan fingerprint density at radius 2 is 1.84 bits per heavy atom. The number of rotatable bonds is 9. The monoisotopic (exact) mass is 424 g/mol. The van der Waals surface area contributed by atoms with E-state index in [1.54, 1.807) is 25.1 Å². The number of hydrogen-bond acceptors (Lipinski definition) is 5. The summed E-state index contributed by atoms with van der Waals surface area (Å²) in [6, 6.07) is 16.8. The SMILES string of the molecule is CCC[C@H](NC(=O)[C@@H](C)OC(=O)CCN1C(=O)COc2ccccc21)c1ccccc1. The van der Waals surface area contributed by atoms with Crippen LogP contribution in [0.3, 0.4) is 0 Å². The van der Waals surface area contributed by atoms with E-state index < -0.39 is 12.1 Å². The topological polar surface area (TPSA) is 84.9 Å². The summed E-state index contributed by atoms with van der Waals surface area (Å²) < 4.78 is 10.7. The minimum Gasteiger partial charge on any atom is -0.482 e. The average Bonchev–Trinajstić information content (AvgIpc) is 2.78. The van der Waals surface area contributed by atoms with Gasteiger partial charge in [0.15, 0.2) is 12.7 Å². The number of benzene rings is 2. The Morgan fingerprint density at radius 3 is 2.58 bits per heavy atom. The van der Waals surface area contributed by atoms with E-state index in [9.17, 15) is 14.4 Å². The van der Waals surface area contributed by atoms with Crippen LogP contribution in [-0.2, 0) is 19.1 Å². The summed E-state index contributed by atoms with van der Waals surface area (Å²) in [6.45, 7) is 3.70. The van der Waals surface area contributed by atoms with Crippen molar-refractivity contribution >= 4 is 23.5 Å². The number of nitrogens with one attached hydrogen (secondary N) is 1. The summed E-state index contributed by atoms with van der Waals surface area (Å²) in [5, 5.41) is 2.97. The normalized spacial score (nSPS) is 14.8. The van der Waals surface area contributed by atoms with Crippen molar-refractivity contribution in [3.8, 4) is 5.75 Å². The first-order valence-electron chi connectivity index (χ1n) is 10.6. The van der Waals surface area contributed by atoms with Crippen molar-refractivity contribution in [1.82, 2.24) is 5.32 Å². The number of fused-ring (bicyclic) bond motifs is 1. The molecule has 7 nitrogen and oxygen atoms in total. The van der Waals surface area contributed by atoms with Gasteiger partial charge in [0.05, 0.1) is 18.2 Å². The van der Waals surface area contributed by atoms with Gasteiger partial charge in [0.25, 0.3) is 11.8 Å². The van der Waals surface area contributed by atoms with E-state index in [2.05, 4.69) is 12.2 Å². The first-order chi connectivity index (χ1) is 15.0. The molecule has 0 saturated carbocycles. The van der Waals surface area contributed by atoms with Gasteiger partial charge < -0.3 is 19.7 Å². The molecule has 0 bridgehead atoms. The lowest BCUT2D eigenvalue weighted by Crippen LogP contribution is -2.41. The molecule has 2 amide bonds. The highest BCUT2D eigenvalue weighted by atomic mass is 16.5. The van der Waals surface area contributed by atoms with Crippen molar-refractivity contribution in [2.24, 2.45) is 0 Å². The first-order valence-corrected chi connectivity index (χ1v) is 10.6. The van der Waals surface area contributed by atoms with Crippen molar-refractivity contribution in [2.75, 3.05) is 18.1 Å². The van der Waals surface area contributed by atoms with Crippen molar-refractivity contribution in [3.05, 3.63) is 60.2 Å². The van der Waals surface area contributed by atoms with Crippen LogP contribution in [0.4, 0.5) is 5.69 Å². The van der Waals surface area contributed by atoms with Gasteiger partial charge in [0.2, 0.25) is 0 Å². The molecular formula is C24H28N2O5. The lowest BCUT2D eigenvalue weighted by Gasteiger charge is -2.29. The lowest BCUT2D eigenvalue weighted by atomic mass is 10.0. The third-order valence-electron chi connectivity index (χ3n) is 5.12. The van der Waals surface area contributed by atoms with Crippen molar-refractivity contribution in [3.63, 3.8) is 0 Å². The highest BCUT2D eigenvalue weighted by molar-refractivity contribution is 5.98. The Morgan fingerprint density at radius 1 is 1.13 bits per heavy atom. The molecule has 31 heavy (non-hydrogen) atoms. The molecule has 0 fully saturated rings. The highest BCUT2D eigenvalue weighted by Crippen LogP contribution is 2.31. The van der Waals surface area contributed by atoms with Crippen LogP contribution in [0.5, 0.6) is 5.75 Å². The Bertz CT molecular complexity index is 915. The molecule has 0 unspecified atom stereocenters. The van der Waals surface area contributed by atoms with Crippen LogP contribution >= 0.6 is 0 Å². The third kappa shape index (κ3) is 5.84. The molecule has 3 rings (SSSR count). The van der Waals surface area contributed by atoms with Gasteiger partial charge in [-0.2, -0.15) is 0 Å². The summed E-state index contributed by atoms with van der Waals surface area (Å²) in [5.74, 6) is -0.497. The highest BCUT2D eigenvalue weighted by Gasteiger charge is 2.27. The Balaban J connectivity index is 1.53. The number of amides is 2. The van der Waals surface area contributed by atoms with Gasteiger partial charge in [0.1, 0.15) is 5.75 Å². The van der Waals surface area contributed by atoms with Gasteiger partial charge in [-0.3, -0.25) is 14.4 Å². The van der Waals surface area contributed by atoms with Gasteiger partial charge in [-0.1, -0.05) is 55.8 Å². The van der Waals surface area contributed by atoms with Crippen LogP contribution in [0.1, 0.15) is 44.7 Å². The number of carbonyl (C=O) groups excluding carboxylic acids is 3. The quantitative estimate of drug-likeness (QED) is 0.624. The fraction of sp³-hybridized carbons (Fsp3) is 0.375. The van der Waals surface area contributed by atoms with Gasteiger partial charge >= 0.3 is 5.97 Å². The smallest absolute Gasteiger partial charge is 0.308 e. The zero-order valence-corrected chi connectivity index (χ0v) is 17.9. The van der Waals surface area contributed by atoms with Crippen LogP contribution in [0.25, 0.3) is 0 Å². The largest absolute Gasteiger partial charge is 0.482 e. The number of carbonyl (C=O) groups is 3. The standard InChI is InChI=1S/C24H28N2O5/c1-3-9-19(18-10-5-4-6-11-18)25-24(29)17(2)31-23(28)14-15-26-20-12-7-8-13-21(20)30-16-22(26)27/h4-8,10-13,17,19H,3,9,14-16H2,1-2H3,(H,25,29)/t17-,19+/m1/s1. The molecule has 7 heteroatoms. The summed E-state index contributed by atoms with van der Waals surface area (Å²) in [6.07, 6.45) is 0.746. The Hall–Kier alpha value is -3.35. The number of nitrogens with zero attached hydrogens (tertiary/aromatic N) is 1.